The molecule has 15 heavy (non-hydrogen) atoms. The molecule has 0 bridgehead atoms. The van der Waals surface area contributed by atoms with Crippen LogP contribution >= 0.6 is 0 Å². The molecule has 0 aromatic carbocycles. The maximum atomic E-state index is 11.4. The van der Waals surface area contributed by atoms with Crippen LogP contribution in [0.15, 0.2) is 12.2 Å². The maximum absolute atomic E-state index is 11.4. The van der Waals surface area contributed by atoms with Crippen molar-refractivity contribution in [1.29, 1.82) is 0 Å². The number of carbonyl (C=O) groups excluding carboxylic acids is 2. The third kappa shape index (κ3) is 4.14. The van der Waals surface area contributed by atoms with Crippen molar-refractivity contribution >= 4 is 11.9 Å². The number of methoxy groups -OCH3 is 2. The van der Waals surface area contributed by atoms with E-state index < -0.39 is 5.97 Å². The zero-order valence-electron chi connectivity index (χ0n) is 9.70. The Hall–Kier alpha value is -1.32. The summed E-state index contributed by atoms with van der Waals surface area (Å²) in [6.07, 6.45) is 0.275. The fourth-order valence-corrected chi connectivity index (χ4v) is 1.24. The van der Waals surface area contributed by atoms with Crippen molar-refractivity contribution in [3.05, 3.63) is 12.2 Å². The molecule has 0 saturated carbocycles. The van der Waals surface area contributed by atoms with Gasteiger partial charge in [0.25, 0.3) is 0 Å². The quantitative estimate of drug-likeness (QED) is 0.514. The van der Waals surface area contributed by atoms with Gasteiger partial charge in [-0.2, -0.15) is 0 Å². The van der Waals surface area contributed by atoms with E-state index in [0.29, 0.717) is 5.57 Å². The van der Waals surface area contributed by atoms with Crippen LogP contribution in [0.3, 0.4) is 0 Å². The summed E-state index contributed by atoms with van der Waals surface area (Å²) < 4.78 is 9.17. The number of carbonyl (C=O) groups is 2. The SMILES string of the molecule is C=C(CC(C(=O)OC)C(C)C)C(=O)OC. The topological polar surface area (TPSA) is 52.6 Å². The van der Waals surface area contributed by atoms with Gasteiger partial charge in [-0.25, -0.2) is 4.79 Å². The van der Waals surface area contributed by atoms with Crippen molar-refractivity contribution in [2.24, 2.45) is 11.8 Å². The Morgan fingerprint density at radius 2 is 1.73 bits per heavy atom. The Labute approximate surface area is 90.2 Å². The zero-order chi connectivity index (χ0) is 12.0. The van der Waals surface area contributed by atoms with Gasteiger partial charge in [-0.3, -0.25) is 4.79 Å². The number of hydrogen-bond acceptors (Lipinski definition) is 4. The van der Waals surface area contributed by atoms with Gasteiger partial charge in [-0.05, 0) is 12.3 Å². The fraction of sp³-hybridized carbons (Fsp3) is 0.636. The van der Waals surface area contributed by atoms with Gasteiger partial charge < -0.3 is 9.47 Å². The molecule has 0 N–H and O–H groups in total. The highest BCUT2D eigenvalue weighted by molar-refractivity contribution is 5.88. The van der Waals surface area contributed by atoms with Crippen LogP contribution in [0.1, 0.15) is 20.3 Å². The summed E-state index contributed by atoms with van der Waals surface area (Å²) in [5.41, 5.74) is 0.293. The van der Waals surface area contributed by atoms with Crippen molar-refractivity contribution in [3.63, 3.8) is 0 Å². The molecule has 86 valence electrons. The van der Waals surface area contributed by atoms with Crippen LogP contribution in [-0.4, -0.2) is 26.2 Å². The standard InChI is InChI=1S/C11H18O4/c1-7(2)9(11(13)15-5)6-8(3)10(12)14-4/h7,9H,3,6H2,1-2,4-5H3. The summed E-state index contributed by atoms with van der Waals surface area (Å²) in [7, 11) is 2.62. The summed E-state index contributed by atoms with van der Waals surface area (Å²) in [4.78, 5) is 22.5. The largest absolute Gasteiger partial charge is 0.469 e. The minimum Gasteiger partial charge on any atom is -0.469 e. The van der Waals surface area contributed by atoms with Gasteiger partial charge in [0.1, 0.15) is 0 Å². The van der Waals surface area contributed by atoms with Crippen molar-refractivity contribution in [1.82, 2.24) is 0 Å². The van der Waals surface area contributed by atoms with E-state index in [4.69, 9.17) is 0 Å². The lowest BCUT2D eigenvalue weighted by molar-refractivity contribution is -0.147. The molecule has 4 heteroatoms. The van der Waals surface area contributed by atoms with E-state index in [1.165, 1.54) is 14.2 Å². The summed E-state index contributed by atoms with van der Waals surface area (Å²) in [6, 6.07) is 0. The van der Waals surface area contributed by atoms with Gasteiger partial charge in [0.2, 0.25) is 0 Å². The molecule has 0 aliphatic carbocycles. The summed E-state index contributed by atoms with van der Waals surface area (Å²) >= 11 is 0. The normalized spacial score (nSPS) is 12.1. The number of rotatable bonds is 5. The van der Waals surface area contributed by atoms with Crippen LogP contribution in [0.5, 0.6) is 0 Å². The molecular weight excluding hydrogens is 196 g/mol. The van der Waals surface area contributed by atoms with Gasteiger partial charge >= 0.3 is 11.9 Å². The first-order valence-electron chi connectivity index (χ1n) is 4.78. The lowest BCUT2D eigenvalue weighted by Crippen LogP contribution is -2.23. The Morgan fingerprint density at radius 1 is 1.20 bits per heavy atom. The highest BCUT2D eigenvalue weighted by Gasteiger charge is 2.25. The predicted octanol–water partition coefficient (Wildman–Crippen LogP) is 1.55. The van der Waals surface area contributed by atoms with Gasteiger partial charge in [0, 0.05) is 5.57 Å². The maximum Gasteiger partial charge on any atom is 0.333 e. The Morgan fingerprint density at radius 3 is 2.07 bits per heavy atom. The van der Waals surface area contributed by atoms with E-state index in [0.717, 1.165) is 0 Å². The first kappa shape index (κ1) is 13.7. The highest BCUT2D eigenvalue weighted by atomic mass is 16.5. The molecule has 0 aromatic heterocycles. The smallest absolute Gasteiger partial charge is 0.333 e. The summed E-state index contributed by atoms with van der Waals surface area (Å²) in [5.74, 6) is -1.06. The number of hydrogen-bond donors (Lipinski definition) is 0. The molecule has 0 amide bonds. The Bertz CT molecular complexity index is 255. The molecule has 0 rings (SSSR count). The molecule has 1 atom stereocenters. The molecule has 0 spiro atoms. The van der Waals surface area contributed by atoms with Crippen LogP contribution in [0.25, 0.3) is 0 Å². The molecule has 0 fully saturated rings. The van der Waals surface area contributed by atoms with E-state index in [1.54, 1.807) is 0 Å². The van der Waals surface area contributed by atoms with E-state index in [2.05, 4.69) is 16.1 Å². The van der Waals surface area contributed by atoms with Gasteiger partial charge in [-0.15, -0.1) is 0 Å². The van der Waals surface area contributed by atoms with E-state index in [-0.39, 0.29) is 24.2 Å². The Balaban J connectivity index is 4.49. The summed E-state index contributed by atoms with van der Waals surface area (Å²) in [6.45, 7) is 7.37. The first-order chi connectivity index (χ1) is 6.93. The molecule has 0 heterocycles. The van der Waals surface area contributed by atoms with Gasteiger partial charge in [0.05, 0.1) is 20.1 Å². The third-order valence-corrected chi connectivity index (χ3v) is 2.25. The van der Waals surface area contributed by atoms with E-state index >= 15 is 0 Å². The summed E-state index contributed by atoms with van der Waals surface area (Å²) in [5, 5.41) is 0. The molecule has 4 nitrogen and oxygen atoms in total. The monoisotopic (exact) mass is 214 g/mol. The molecule has 0 saturated heterocycles. The van der Waals surface area contributed by atoms with Gasteiger partial charge in [0.15, 0.2) is 0 Å². The number of esters is 2. The lowest BCUT2D eigenvalue weighted by Gasteiger charge is -2.18. The van der Waals surface area contributed by atoms with E-state index in [1.807, 2.05) is 13.8 Å². The average molecular weight is 214 g/mol. The van der Waals surface area contributed by atoms with Crippen LogP contribution in [-0.2, 0) is 19.1 Å². The molecule has 0 aliphatic heterocycles. The van der Waals surface area contributed by atoms with Crippen LogP contribution in [0.4, 0.5) is 0 Å². The minimum absolute atomic E-state index is 0.0962. The first-order valence-corrected chi connectivity index (χ1v) is 4.78. The second-order valence-electron chi connectivity index (χ2n) is 3.67. The Kier molecular flexibility index (Phi) is 5.67. The van der Waals surface area contributed by atoms with Crippen LogP contribution in [0, 0.1) is 11.8 Å². The fourth-order valence-electron chi connectivity index (χ4n) is 1.24. The zero-order valence-corrected chi connectivity index (χ0v) is 9.70. The molecule has 0 radical (unpaired) electrons. The third-order valence-electron chi connectivity index (χ3n) is 2.25. The molecule has 0 aliphatic rings. The van der Waals surface area contributed by atoms with Crippen molar-refractivity contribution in [2.75, 3.05) is 14.2 Å². The molecular formula is C11H18O4. The molecule has 1 unspecified atom stereocenters. The van der Waals surface area contributed by atoms with Crippen LogP contribution in [0.2, 0.25) is 0 Å². The van der Waals surface area contributed by atoms with Crippen molar-refractivity contribution < 1.29 is 19.1 Å². The van der Waals surface area contributed by atoms with Gasteiger partial charge in [-0.1, -0.05) is 20.4 Å². The van der Waals surface area contributed by atoms with Crippen molar-refractivity contribution in [3.8, 4) is 0 Å². The number of ether oxygens (including phenoxy) is 2. The predicted molar refractivity (Wildman–Crippen MR) is 56.1 cm³/mol. The lowest BCUT2D eigenvalue weighted by atomic mass is 9.89. The minimum atomic E-state index is -0.482. The van der Waals surface area contributed by atoms with E-state index in [9.17, 15) is 9.59 Å². The van der Waals surface area contributed by atoms with Crippen molar-refractivity contribution in [2.45, 2.75) is 20.3 Å². The van der Waals surface area contributed by atoms with Crippen LogP contribution < -0.4 is 0 Å². The second-order valence-corrected chi connectivity index (χ2v) is 3.67. The highest BCUT2D eigenvalue weighted by Crippen LogP contribution is 2.21. The molecule has 0 aromatic rings. The average Bonchev–Trinajstić information content (AvgIpc) is 2.22. The second kappa shape index (κ2) is 6.22.